The van der Waals surface area contributed by atoms with Crippen LogP contribution in [-0.2, 0) is 4.74 Å². The Morgan fingerprint density at radius 3 is 2.87 bits per heavy atom. The van der Waals surface area contributed by atoms with E-state index in [1.807, 2.05) is 13.0 Å². The van der Waals surface area contributed by atoms with E-state index in [2.05, 4.69) is 15.8 Å². The molecule has 0 aliphatic carbocycles. The molecule has 0 radical (unpaired) electrons. The molecule has 0 saturated carbocycles. The number of carbonyl (C=O) groups is 1. The van der Waals surface area contributed by atoms with Crippen molar-refractivity contribution in [1.82, 2.24) is 10.7 Å². The summed E-state index contributed by atoms with van der Waals surface area (Å²) in [5, 5.41) is 7.33. The molecular weight excluding hydrogens is 314 g/mol. The maximum Gasteiger partial charge on any atom is 0.338 e. The van der Waals surface area contributed by atoms with Crippen LogP contribution in [0.25, 0.3) is 11.3 Å². The second-order valence-corrected chi connectivity index (χ2v) is 4.88. The predicted octanol–water partition coefficient (Wildman–Crippen LogP) is 2.55. The predicted molar refractivity (Wildman–Crippen MR) is 92.5 cm³/mol. The third kappa shape index (κ3) is 4.40. The van der Waals surface area contributed by atoms with Crippen LogP contribution >= 0.6 is 12.2 Å². The van der Waals surface area contributed by atoms with Crippen molar-refractivity contribution in [3.05, 3.63) is 47.7 Å². The number of thiocarbonyl (C=S) groups is 1. The lowest BCUT2D eigenvalue weighted by atomic mass is 10.1. The summed E-state index contributed by atoms with van der Waals surface area (Å²) >= 11 is 4.99. The van der Waals surface area contributed by atoms with E-state index >= 15 is 0 Å². The van der Waals surface area contributed by atoms with E-state index in [0.29, 0.717) is 27.8 Å². The van der Waals surface area contributed by atoms with Gasteiger partial charge in [-0.3, -0.25) is 5.43 Å². The minimum atomic E-state index is -0.412. The number of hydrazone groups is 1. The number of hydrogen-bond acceptors (Lipinski definition) is 5. The van der Waals surface area contributed by atoms with E-state index in [1.54, 1.807) is 30.3 Å². The van der Waals surface area contributed by atoms with E-state index in [1.165, 1.54) is 13.3 Å². The van der Waals surface area contributed by atoms with E-state index in [9.17, 15) is 4.79 Å². The van der Waals surface area contributed by atoms with Crippen LogP contribution in [0.4, 0.5) is 0 Å². The van der Waals surface area contributed by atoms with Gasteiger partial charge >= 0.3 is 5.97 Å². The molecule has 1 heterocycles. The van der Waals surface area contributed by atoms with Crippen LogP contribution in [0.2, 0.25) is 0 Å². The molecule has 0 aliphatic rings. The number of esters is 1. The van der Waals surface area contributed by atoms with Crippen molar-refractivity contribution < 1.29 is 13.9 Å². The molecule has 0 atom stereocenters. The molecule has 1 aromatic carbocycles. The molecule has 1 aromatic heterocycles. The number of carbonyl (C=O) groups excluding carboxylic acids is 1. The number of ether oxygens (including phenoxy) is 1. The third-order valence-electron chi connectivity index (χ3n) is 2.92. The molecule has 2 aromatic rings. The quantitative estimate of drug-likeness (QED) is 0.379. The second-order valence-electron chi connectivity index (χ2n) is 4.47. The highest BCUT2D eigenvalue weighted by Gasteiger charge is 2.14. The Labute approximate surface area is 139 Å². The second kappa shape index (κ2) is 8.09. The lowest BCUT2D eigenvalue weighted by Gasteiger charge is -2.04. The number of nitrogens with zero attached hydrogens (tertiary/aromatic N) is 1. The molecule has 2 N–H and O–H groups in total. The summed E-state index contributed by atoms with van der Waals surface area (Å²) in [6, 6.07) is 10.6. The van der Waals surface area contributed by atoms with E-state index in [-0.39, 0.29) is 0 Å². The van der Waals surface area contributed by atoms with Gasteiger partial charge in [0.05, 0.1) is 18.9 Å². The van der Waals surface area contributed by atoms with Crippen LogP contribution in [0, 0.1) is 0 Å². The summed E-state index contributed by atoms with van der Waals surface area (Å²) in [5.41, 5.74) is 3.78. The molecular formula is C16H17N3O3S. The van der Waals surface area contributed by atoms with Gasteiger partial charge in [-0.05, 0) is 37.3 Å². The number of rotatable bonds is 5. The van der Waals surface area contributed by atoms with Gasteiger partial charge in [0, 0.05) is 12.1 Å². The molecule has 6 nitrogen and oxygen atoms in total. The Bertz CT molecular complexity index is 725. The molecule has 0 spiro atoms. The highest BCUT2D eigenvalue weighted by molar-refractivity contribution is 7.80. The van der Waals surface area contributed by atoms with Crippen molar-refractivity contribution in [2.45, 2.75) is 6.92 Å². The average molecular weight is 331 g/mol. The molecule has 0 bridgehead atoms. The zero-order chi connectivity index (χ0) is 16.7. The highest BCUT2D eigenvalue weighted by atomic mass is 32.1. The third-order valence-corrected chi connectivity index (χ3v) is 3.16. The highest BCUT2D eigenvalue weighted by Crippen LogP contribution is 2.25. The molecule has 0 amide bonds. The first-order chi connectivity index (χ1) is 11.2. The zero-order valence-corrected chi connectivity index (χ0v) is 13.6. The average Bonchev–Trinajstić information content (AvgIpc) is 3.03. The van der Waals surface area contributed by atoms with Gasteiger partial charge in [-0.2, -0.15) is 5.10 Å². The fourth-order valence-corrected chi connectivity index (χ4v) is 2.10. The lowest BCUT2D eigenvalue weighted by molar-refractivity contribution is 0.0601. The monoisotopic (exact) mass is 331 g/mol. The van der Waals surface area contributed by atoms with Gasteiger partial charge in [-0.25, -0.2) is 4.79 Å². The summed E-state index contributed by atoms with van der Waals surface area (Å²) in [7, 11) is 1.35. The fraction of sp³-hybridized carbons (Fsp3) is 0.188. The number of benzene rings is 1. The molecule has 0 fully saturated rings. The van der Waals surface area contributed by atoms with E-state index in [4.69, 9.17) is 21.4 Å². The molecule has 0 aliphatic heterocycles. The van der Waals surface area contributed by atoms with Gasteiger partial charge in [0.1, 0.15) is 11.5 Å². The van der Waals surface area contributed by atoms with Gasteiger partial charge in [-0.15, -0.1) is 0 Å². The van der Waals surface area contributed by atoms with Crippen molar-refractivity contribution in [2.24, 2.45) is 5.10 Å². The van der Waals surface area contributed by atoms with Crippen LogP contribution in [-0.4, -0.2) is 31.0 Å². The SMILES string of the molecule is CCNC(=S)N/N=C/c1ccc(-c2ccccc2C(=O)OC)o1. The van der Waals surface area contributed by atoms with Crippen LogP contribution in [0.3, 0.4) is 0 Å². The Morgan fingerprint density at radius 2 is 2.13 bits per heavy atom. The minimum absolute atomic E-state index is 0.412. The first-order valence-electron chi connectivity index (χ1n) is 7.00. The number of methoxy groups -OCH3 is 1. The topological polar surface area (TPSA) is 75.9 Å². The van der Waals surface area contributed by atoms with Crippen molar-refractivity contribution in [2.75, 3.05) is 13.7 Å². The summed E-state index contributed by atoms with van der Waals surface area (Å²) < 4.78 is 10.5. The van der Waals surface area contributed by atoms with Crippen LogP contribution < -0.4 is 10.7 Å². The standard InChI is InChI=1S/C16H17N3O3S/c1-3-17-16(23)19-18-10-11-8-9-14(22-11)12-6-4-5-7-13(12)15(20)21-2/h4-10H,3H2,1-2H3,(H2,17,19,23)/b18-10+. The largest absolute Gasteiger partial charge is 0.465 e. The maximum atomic E-state index is 11.8. The summed E-state index contributed by atoms with van der Waals surface area (Å²) in [4.78, 5) is 11.8. The van der Waals surface area contributed by atoms with Crippen molar-refractivity contribution >= 4 is 29.5 Å². The number of furan rings is 1. The summed E-state index contributed by atoms with van der Waals surface area (Å²) in [6.07, 6.45) is 1.51. The molecule has 0 saturated heterocycles. The van der Waals surface area contributed by atoms with Crippen molar-refractivity contribution in [1.29, 1.82) is 0 Å². The molecule has 120 valence electrons. The minimum Gasteiger partial charge on any atom is -0.465 e. The fourth-order valence-electron chi connectivity index (χ4n) is 1.91. The van der Waals surface area contributed by atoms with Crippen LogP contribution in [0.15, 0.2) is 45.9 Å². The molecule has 0 unspecified atom stereocenters. The van der Waals surface area contributed by atoms with Gasteiger partial charge < -0.3 is 14.5 Å². The van der Waals surface area contributed by atoms with Gasteiger partial charge in [-0.1, -0.05) is 18.2 Å². The summed E-state index contributed by atoms with van der Waals surface area (Å²) in [5.74, 6) is 0.679. The smallest absolute Gasteiger partial charge is 0.338 e. The Kier molecular flexibility index (Phi) is 5.87. The number of nitrogens with one attached hydrogen (secondary N) is 2. The lowest BCUT2D eigenvalue weighted by Crippen LogP contribution is -2.31. The Balaban J connectivity index is 2.15. The first kappa shape index (κ1) is 16.7. The summed E-state index contributed by atoms with van der Waals surface area (Å²) in [6.45, 7) is 2.66. The van der Waals surface area contributed by atoms with Crippen molar-refractivity contribution in [3.63, 3.8) is 0 Å². The first-order valence-corrected chi connectivity index (χ1v) is 7.41. The molecule has 7 heteroatoms. The van der Waals surface area contributed by atoms with Crippen LogP contribution in [0.1, 0.15) is 23.0 Å². The normalized spacial score (nSPS) is 10.5. The maximum absolute atomic E-state index is 11.8. The van der Waals surface area contributed by atoms with Gasteiger partial charge in [0.15, 0.2) is 5.11 Å². The Morgan fingerprint density at radius 1 is 1.35 bits per heavy atom. The van der Waals surface area contributed by atoms with Gasteiger partial charge in [0.25, 0.3) is 0 Å². The van der Waals surface area contributed by atoms with Gasteiger partial charge in [0.2, 0.25) is 0 Å². The van der Waals surface area contributed by atoms with E-state index < -0.39 is 5.97 Å². The van der Waals surface area contributed by atoms with Crippen LogP contribution in [0.5, 0.6) is 0 Å². The zero-order valence-electron chi connectivity index (χ0n) is 12.8. The number of hydrogen-bond donors (Lipinski definition) is 2. The molecule has 2 rings (SSSR count). The Hall–Kier alpha value is -2.67. The molecule has 23 heavy (non-hydrogen) atoms. The van der Waals surface area contributed by atoms with E-state index in [0.717, 1.165) is 6.54 Å². The van der Waals surface area contributed by atoms with Crippen molar-refractivity contribution in [3.8, 4) is 11.3 Å².